The van der Waals surface area contributed by atoms with Gasteiger partial charge in [-0.05, 0) is 18.4 Å². The Hall–Kier alpha value is -1.39. The molecule has 0 spiro atoms. The number of nitrogens with two attached hydrogens (primary N) is 1. The van der Waals surface area contributed by atoms with E-state index in [2.05, 4.69) is 0 Å². The van der Waals surface area contributed by atoms with Crippen LogP contribution in [0.3, 0.4) is 0 Å². The minimum absolute atomic E-state index is 0.0540. The van der Waals surface area contributed by atoms with Crippen molar-refractivity contribution in [3.8, 4) is 0 Å². The summed E-state index contributed by atoms with van der Waals surface area (Å²) in [4.78, 5) is 14.0. The second-order valence-electron chi connectivity index (χ2n) is 5.63. The van der Waals surface area contributed by atoms with Gasteiger partial charge in [-0.25, -0.2) is 0 Å². The van der Waals surface area contributed by atoms with Crippen molar-refractivity contribution in [2.45, 2.75) is 37.8 Å². The Balaban J connectivity index is 1.70. The minimum atomic E-state index is -0.631. The lowest BCUT2D eigenvalue weighted by atomic mass is 9.97. The summed E-state index contributed by atoms with van der Waals surface area (Å²) in [6, 6.07) is 10.0. The Bertz CT molecular complexity index is 427. The Morgan fingerprint density at radius 3 is 2.60 bits per heavy atom. The second-order valence-corrected chi connectivity index (χ2v) is 5.63. The van der Waals surface area contributed by atoms with Crippen LogP contribution in [0.5, 0.6) is 0 Å². The lowest BCUT2D eigenvalue weighted by Gasteiger charge is -2.28. The molecule has 2 N–H and O–H groups in total. The van der Waals surface area contributed by atoms with E-state index >= 15 is 0 Å². The van der Waals surface area contributed by atoms with Crippen LogP contribution in [-0.2, 0) is 16.1 Å². The van der Waals surface area contributed by atoms with E-state index in [1.165, 1.54) is 0 Å². The van der Waals surface area contributed by atoms with Gasteiger partial charge in [0.1, 0.15) is 0 Å². The topological polar surface area (TPSA) is 55.6 Å². The fourth-order valence-electron chi connectivity index (χ4n) is 2.67. The van der Waals surface area contributed by atoms with Crippen molar-refractivity contribution < 1.29 is 9.53 Å². The van der Waals surface area contributed by atoms with Gasteiger partial charge in [-0.15, -0.1) is 0 Å². The number of ether oxygens (including phenoxy) is 1. The molecule has 0 atom stereocenters. The van der Waals surface area contributed by atoms with Crippen molar-refractivity contribution in [1.29, 1.82) is 0 Å². The average Bonchev–Trinajstić information content (AvgIpc) is 2.92. The summed E-state index contributed by atoms with van der Waals surface area (Å²) in [7, 11) is 1.81. The summed E-state index contributed by atoms with van der Waals surface area (Å²) in [6.45, 7) is 1.70. The summed E-state index contributed by atoms with van der Waals surface area (Å²) >= 11 is 0. The zero-order chi connectivity index (χ0) is 14.4. The number of amides is 1. The van der Waals surface area contributed by atoms with Gasteiger partial charge in [0.15, 0.2) is 0 Å². The van der Waals surface area contributed by atoms with Gasteiger partial charge in [0.05, 0.1) is 18.8 Å². The molecule has 0 aromatic heterocycles. The molecule has 20 heavy (non-hydrogen) atoms. The van der Waals surface area contributed by atoms with E-state index < -0.39 is 5.54 Å². The Morgan fingerprint density at radius 1 is 1.30 bits per heavy atom. The van der Waals surface area contributed by atoms with Crippen molar-refractivity contribution in [2.24, 2.45) is 5.73 Å². The highest BCUT2D eigenvalue weighted by atomic mass is 16.5. The molecule has 110 valence electrons. The molecule has 0 unspecified atom stereocenters. The third kappa shape index (κ3) is 3.81. The summed E-state index contributed by atoms with van der Waals surface area (Å²) in [5, 5.41) is 0. The van der Waals surface area contributed by atoms with E-state index in [9.17, 15) is 4.79 Å². The molecule has 0 bridgehead atoms. The quantitative estimate of drug-likeness (QED) is 0.808. The number of rotatable bonds is 6. The number of carbonyl (C=O) groups is 1. The van der Waals surface area contributed by atoms with Gasteiger partial charge in [-0.1, -0.05) is 43.2 Å². The maximum Gasteiger partial charge on any atom is 0.242 e. The minimum Gasteiger partial charge on any atom is -0.375 e. The number of likely N-dealkylation sites (N-methyl/N-ethyl adjacent to an activating group) is 1. The van der Waals surface area contributed by atoms with Crippen molar-refractivity contribution in [2.75, 3.05) is 20.2 Å². The van der Waals surface area contributed by atoms with E-state index in [0.717, 1.165) is 31.2 Å². The number of nitrogens with zero attached hydrogens (tertiary/aromatic N) is 1. The van der Waals surface area contributed by atoms with Crippen LogP contribution in [0.2, 0.25) is 0 Å². The lowest BCUT2D eigenvalue weighted by Crippen LogP contribution is -2.53. The van der Waals surface area contributed by atoms with Crippen molar-refractivity contribution in [1.82, 2.24) is 4.90 Å². The first-order valence-corrected chi connectivity index (χ1v) is 7.28. The van der Waals surface area contributed by atoms with Crippen LogP contribution in [0.25, 0.3) is 0 Å². The zero-order valence-corrected chi connectivity index (χ0v) is 12.2. The van der Waals surface area contributed by atoms with Crippen LogP contribution in [0, 0.1) is 0 Å². The molecule has 1 saturated carbocycles. The SMILES string of the molecule is CN(CCOCc1ccccc1)C(=O)C1(N)CCCC1. The maximum atomic E-state index is 12.3. The number of benzene rings is 1. The molecule has 1 aliphatic rings. The summed E-state index contributed by atoms with van der Waals surface area (Å²) in [5.41, 5.74) is 6.68. The number of hydrogen-bond acceptors (Lipinski definition) is 3. The summed E-state index contributed by atoms with van der Waals surface area (Å²) in [5.74, 6) is 0.0540. The second kappa shape index (κ2) is 6.86. The van der Waals surface area contributed by atoms with Gasteiger partial charge in [-0.3, -0.25) is 4.79 Å². The zero-order valence-electron chi connectivity index (χ0n) is 12.2. The van der Waals surface area contributed by atoms with Gasteiger partial charge >= 0.3 is 0 Å². The molecule has 1 aromatic carbocycles. The average molecular weight is 276 g/mol. The van der Waals surface area contributed by atoms with E-state index in [1.54, 1.807) is 11.9 Å². The molecule has 1 aliphatic carbocycles. The Kier molecular flexibility index (Phi) is 5.15. The van der Waals surface area contributed by atoms with Gasteiger partial charge in [0.2, 0.25) is 5.91 Å². The van der Waals surface area contributed by atoms with Crippen LogP contribution in [0.1, 0.15) is 31.2 Å². The molecule has 1 fully saturated rings. The van der Waals surface area contributed by atoms with Crippen LogP contribution >= 0.6 is 0 Å². The highest BCUT2D eigenvalue weighted by Gasteiger charge is 2.38. The number of hydrogen-bond donors (Lipinski definition) is 1. The molecule has 1 amide bonds. The van der Waals surface area contributed by atoms with Gasteiger partial charge < -0.3 is 15.4 Å². The van der Waals surface area contributed by atoms with Crippen molar-refractivity contribution in [3.05, 3.63) is 35.9 Å². The van der Waals surface area contributed by atoms with E-state index in [4.69, 9.17) is 10.5 Å². The fourth-order valence-corrected chi connectivity index (χ4v) is 2.67. The molecule has 4 heteroatoms. The van der Waals surface area contributed by atoms with Crippen LogP contribution < -0.4 is 5.73 Å². The molecule has 4 nitrogen and oxygen atoms in total. The van der Waals surface area contributed by atoms with E-state index in [-0.39, 0.29) is 5.91 Å². The first-order chi connectivity index (χ1) is 9.62. The lowest BCUT2D eigenvalue weighted by molar-refractivity contribution is -0.136. The van der Waals surface area contributed by atoms with E-state index in [0.29, 0.717) is 19.8 Å². The van der Waals surface area contributed by atoms with Crippen molar-refractivity contribution >= 4 is 5.91 Å². The molecule has 0 heterocycles. The molecule has 0 aliphatic heterocycles. The smallest absolute Gasteiger partial charge is 0.242 e. The monoisotopic (exact) mass is 276 g/mol. The molecule has 1 aromatic rings. The molecule has 2 rings (SSSR count). The molecule has 0 saturated heterocycles. The maximum absolute atomic E-state index is 12.3. The summed E-state index contributed by atoms with van der Waals surface area (Å²) in [6.07, 6.45) is 3.73. The highest BCUT2D eigenvalue weighted by molar-refractivity contribution is 5.86. The van der Waals surface area contributed by atoms with Crippen LogP contribution in [0.15, 0.2) is 30.3 Å². The standard InChI is InChI=1S/C16H24N2O2/c1-18(15(19)16(17)9-5-6-10-16)11-12-20-13-14-7-3-2-4-8-14/h2-4,7-8H,5-6,9-13,17H2,1H3. The Labute approximate surface area is 120 Å². The Morgan fingerprint density at radius 2 is 1.95 bits per heavy atom. The molecular weight excluding hydrogens is 252 g/mol. The van der Waals surface area contributed by atoms with E-state index in [1.807, 2.05) is 30.3 Å². The number of carbonyl (C=O) groups excluding carboxylic acids is 1. The van der Waals surface area contributed by atoms with Gasteiger partial charge in [0, 0.05) is 13.6 Å². The highest BCUT2D eigenvalue weighted by Crippen LogP contribution is 2.28. The fraction of sp³-hybridized carbons (Fsp3) is 0.562. The van der Waals surface area contributed by atoms with Crippen LogP contribution in [-0.4, -0.2) is 36.5 Å². The largest absolute Gasteiger partial charge is 0.375 e. The summed E-state index contributed by atoms with van der Waals surface area (Å²) < 4.78 is 5.60. The third-order valence-electron chi connectivity index (χ3n) is 3.95. The van der Waals surface area contributed by atoms with Gasteiger partial charge in [0.25, 0.3) is 0 Å². The predicted molar refractivity (Wildman–Crippen MR) is 79.1 cm³/mol. The van der Waals surface area contributed by atoms with Crippen molar-refractivity contribution in [3.63, 3.8) is 0 Å². The third-order valence-corrected chi connectivity index (χ3v) is 3.95. The predicted octanol–water partition coefficient (Wildman–Crippen LogP) is 1.93. The molecular formula is C16H24N2O2. The van der Waals surface area contributed by atoms with Gasteiger partial charge in [-0.2, -0.15) is 0 Å². The normalized spacial score (nSPS) is 17.1. The van der Waals surface area contributed by atoms with Crippen LogP contribution in [0.4, 0.5) is 0 Å². The first-order valence-electron chi connectivity index (χ1n) is 7.28. The molecule has 0 radical (unpaired) electrons. The first kappa shape index (κ1) is 15.0.